The Morgan fingerprint density at radius 2 is 1.89 bits per heavy atom. The summed E-state index contributed by atoms with van der Waals surface area (Å²) >= 11 is 0. The number of carbonyl (C=O) groups excluding carboxylic acids is 2. The summed E-state index contributed by atoms with van der Waals surface area (Å²) in [6, 6.07) is 6.74. The van der Waals surface area contributed by atoms with Crippen molar-refractivity contribution in [2.24, 2.45) is 0 Å². The van der Waals surface area contributed by atoms with Crippen LogP contribution in [-0.4, -0.2) is 18.7 Å². The lowest BCUT2D eigenvalue weighted by Crippen LogP contribution is -2.24. The minimum Gasteiger partial charge on any atom is -0.349 e. The molecule has 0 heterocycles. The van der Waals surface area contributed by atoms with Gasteiger partial charge in [0.05, 0.1) is 0 Å². The Morgan fingerprint density at radius 1 is 1.22 bits per heavy atom. The third-order valence-corrected chi connectivity index (χ3v) is 2.12. The van der Waals surface area contributed by atoms with E-state index >= 15 is 0 Å². The van der Waals surface area contributed by atoms with E-state index in [1.807, 2.05) is 32.9 Å². The summed E-state index contributed by atoms with van der Waals surface area (Å²) in [6.45, 7) is 6.51. The van der Waals surface area contributed by atoms with Crippen LogP contribution >= 0.6 is 0 Å². The van der Waals surface area contributed by atoms with Crippen molar-refractivity contribution in [1.29, 1.82) is 0 Å². The lowest BCUT2D eigenvalue weighted by atomic mass is 10.1. The molecule has 0 aromatic heterocycles. The Balaban J connectivity index is 0.00000137. The topological polar surface area (TPSA) is 46.2 Å². The van der Waals surface area contributed by atoms with Crippen molar-refractivity contribution in [2.45, 2.75) is 27.2 Å². The van der Waals surface area contributed by atoms with E-state index in [2.05, 4.69) is 5.32 Å². The number of aldehydes is 1. The Morgan fingerprint density at radius 3 is 2.50 bits per heavy atom. The second-order valence-corrected chi connectivity index (χ2v) is 3.29. The highest BCUT2D eigenvalue weighted by atomic mass is 16.1. The van der Waals surface area contributed by atoms with Crippen LogP contribution in [0.2, 0.25) is 0 Å². The van der Waals surface area contributed by atoms with Crippen molar-refractivity contribution in [2.75, 3.05) is 6.54 Å². The number of rotatable bonds is 5. The van der Waals surface area contributed by atoms with E-state index in [1.54, 1.807) is 24.3 Å². The van der Waals surface area contributed by atoms with E-state index in [-0.39, 0.29) is 5.91 Å². The van der Waals surface area contributed by atoms with Crippen molar-refractivity contribution >= 4 is 12.2 Å². The second kappa shape index (κ2) is 10.3. The van der Waals surface area contributed by atoms with Crippen LogP contribution in [0, 0.1) is 0 Å². The van der Waals surface area contributed by atoms with Crippen LogP contribution in [-0.2, 0) is 0 Å². The Bertz CT molecular complexity index is 397. The average Bonchev–Trinajstić information content (AvgIpc) is 2.45. The van der Waals surface area contributed by atoms with Crippen molar-refractivity contribution < 1.29 is 9.59 Å². The highest BCUT2D eigenvalue weighted by Crippen LogP contribution is 2.05. The van der Waals surface area contributed by atoms with Crippen LogP contribution in [0.5, 0.6) is 0 Å². The number of benzene rings is 1. The monoisotopic (exact) mass is 247 g/mol. The van der Waals surface area contributed by atoms with Crippen molar-refractivity contribution in [1.82, 2.24) is 5.32 Å². The molecule has 0 spiro atoms. The zero-order chi connectivity index (χ0) is 13.8. The molecule has 0 bridgehead atoms. The van der Waals surface area contributed by atoms with Gasteiger partial charge in [-0.05, 0) is 12.5 Å². The van der Waals surface area contributed by atoms with Crippen LogP contribution in [0.3, 0.4) is 0 Å². The van der Waals surface area contributed by atoms with Gasteiger partial charge in [-0.2, -0.15) is 0 Å². The Kier molecular flexibility index (Phi) is 9.18. The SMILES string of the molecule is CC.CC/C=C/CNC(=O)c1ccccc1C=O. The van der Waals surface area contributed by atoms with Gasteiger partial charge in [-0.3, -0.25) is 9.59 Å². The van der Waals surface area contributed by atoms with Gasteiger partial charge >= 0.3 is 0 Å². The minimum absolute atomic E-state index is 0.219. The molecule has 0 aliphatic rings. The maximum atomic E-state index is 11.7. The van der Waals surface area contributed by atoms with Crippen molar-refractivity contribution in [3.63, 3.8) is 0 Å². The molecule has 0 saturated heterocycles. The van der Waals surface area contributed by atoms with E-state index in [0.717, 1.165) is 6.42 Å². The van der Waals surface area contributed by atoms with Crippen LogP contribution in [0.4, 0.5) is 0 Å². The summed E-state index contributed by atoms with van der Waals surface area (Å²) in [5, 5.41) is 2.72. The molecule has 1 aromatic rings. The molecule has 18 heavy (non-hydrogen) atoms. The summed E-state index contributed by atoms with van der Waals surface area (Å²) in [4.78, 5) is 22.4. The van der Waals surface area contributed by atoms with Crippen LogP contribution in [0.25, 0.3) is 0 Å². The van der Waals surface area contributed by atoms with Gasteiger partial charge in [0.1, 0.15) is 0 Å². The quantitative estimate of drug-likeness (QED) is 0.641. The van der Waals surface area contributed by atoms with Gasteiger partial charge in [0.15, 0.2) is 6.29 Å². The fourth-order valence-corrected chi connectivity index (χ4v) is 1.30. The van der Waals surface area contributed by atoms with Gasteiger partial charge in [-0.15, -0.1) is 0 Å². The number of allylic oxidation sites excluding steroid dienone is 1. The van der Waals surface area contributed by atoms with Gasteiger partial charge in [-0.25, -0.2) is 0 Å². The predicted octanol–water partition coefficient (Wildman–Crippen LogP) is 3.22. The third kappa shape index (κ3) is 5.43. The fraction of sp³-hybridized carbons (Fsp3) is 0.333. The molecule has 0 aliphatic carbocycles. The van der Waals surface area contributed by atoms with Gasteiger partial charge in [0.2, 0.25) is 0 Å². The van der Waals surface area contributed by atoms with Gasteiger partial charge in [0.25, 0.3) is 5.91 Å². The first-order valence-corrected chi connectivity index (χ1v) is 6.27. The van der Waals surface area contributed by atoms with E-state index in [9.17, 15) is 9.59 Å². The van der Waals surface area contributed by atoms with Crippen molar-refractivity contribution in [3.8, 4) is 0 Å². The van der Waals surface area contributed by atoms with Crippen LogP contribution in [0.1, 0.15) is 47.9 Å². The van der Waals surface area contributed by atoms with E-state index in [1.165, 1.54) is 0 Å². The number of nitrogens with one attached hydrogen (secondary N) is 1. The molecular formula is C15H21NO2. The molecule has 1 N–H and O–H groups in total. The highest BCUT2D eigenvalue weighted by Gasteiger charge is 2.08. The van der Waals surface area contributed by atoms with Gasteiger partial charge in [-0.1, -0.05) is 51.1 Å². The number of amides is 1. The first-order chi connectivity index (χ1) is 8.79. The Hall–Kier alpha value is -1.90. The molecule has 0 radical (unpaired) electrons. The molecule has 98 valence electrons. The largest absolute Gasteiger partial charge is 0.349 e. The molecule has 0 fully saturated rings. The summed E-state index contributed by atoms with van der Waals surface area (Å²) in [7, 11) is 0. The minimum atomic E-state index is -0.219. The average molecular weight is 247 g/mol. The molecule has 3 nitrogen and oxygen atoms in total. The summed E-state index contributed by atoms with van der Waals surface area (Å²) in [5.74, 6) is -0.219. The van der Waals surface area contributed by atoms with Crippen molar-refractivity contribution in [3.05, 3.63) is 47.5 Å². The maximum absolute atomic E-state index is 11.7. The summed E-state index contributed by atoms with van der Waals surface area (Å²) < 4.78 is 0. The van der Waals surface area contributed by atoms with Crippen LogP contribution < -0.4 is 5.32 Å². The summed E-state index contributed by atoms with van der Waals surface area (Å²) in [5.41, 5.74) is 0.835. The molecular weight excluding hydrogens is 226 g/mol. The first kappa shape index (κ1) is 16.1. The third-order valence-electron chi connectivity index (χ3n) is 2.12. The lowest BCUT2D eigenvalue weighted by Gasteiger charge is -2.04. The molecule has 1 aromatic carbocycles. The molecule has 0 atom stereocenters. The second-order valence-electron chi connectivity index (χ2n) is 3.29. The number of carbonyl (C=O) groups is 2. The normalized spacial score (nSPS) is 9.50. The predicted molar refractivity (Wildman–Crippen MR) is 74.9 cm³/mol. The number of hydrogen-bond acceptors (Lipinski definition) is 2. The van der Waals surface area contributed by atoms with Gasteiger partial charge < -0.3 is 5.32 Å². The van der Waals surface area contributed by atoms with E-state index in [4.69, 9.17) is 0 Å². The van der Waals surface area contributed by atoms with E-state index in [0.29, 0.717) is 24.0 Å². The Labute approximate surface area is 109 Å². The maximum Gasteiger partial charge on any atom is 0.252 e. The molecule has 3 heteroatoms. The van der Waals surface area contributed by atoms with Gasteiger partial charge in [0, 0.05) is 17.7 Å². The lowest BCUT2D eigenvalue weighted by molar-refractivity contribution is 0.0952. The number of hydrogen-bond donors (Lipinski definition) is 1. The molecule has 1 amide bonds. The molecule has 0 unspecified atom stereocenters. The first-order valence-electron chi connectivity index (χ1n) is 6.27. The molecule has 0 aliphatic heterocycles. The standard InChI is InChI=1S/C13H15NO2.C2H6/c1-2-3-6-9-14-13(16)12-8-5-4-7-11(12)10-15;1-2/h3-8,10H,2,9H2,1H3,(H,14,16);1-2H3/b6-3+;. The van der Waals surface area contributed by atoms with Crippen LogP contribution in [0.15, 0.2) is 36.4 Å². The molecule has 1 rings (SSSR count). The molecule has 0 saturated carbocycles. The van der Waals surface area contributed by atoms with E-state index < -0.39 is 0 Å². The fourth-order valence-electron chi connectivity index (χ4n) is 1.30. The zero-order valence-corrected chi connectivity index (χ0v) is 11.3. The zero-order valence-electron chi connectivity index (χ0n) is 11.3. The smallest absolute Gasteiger partial charge is 0.252 e. The highest BCUT2D eigenvalue weighted by molar-refractivity contribution is 6.01. The summed E-state index contributed by atoms with van der Waals surface area (Å²) in [6.07, 6.45) is 5.50.